The fourth-order valence-corrected chi connectivity index (χ4v) is 2.26. The molecule has 9 nitrogen and oxygen atoms in total. The number of nitrogens with zero attached hydrogens (tertiary/aromatic N) is 4. The molecule has 2 amide bonds. The van der Waals surface area contributed by atoms with Crippen LogP contribution in [0, 0.1) is 0 Å². The van der Waals surface area contributed by atoms with Crippen LogP contribution in [0.5, 0.6) is 11.6 Å². The van der Waals surface area contributed by atoms with Gasteiger partial charge in [0.25, 0.3) is 11.8 Å². The minimum absolute atomic E-state index is 0.0428. The number of rotatable bonds is 6. The van der Waals surface area contributed by atoms with Crippen molar-refractivity contribution in [3.8, 4) is 11.6 Å². The van der Waals surface area contributed by atoms with Crippen molar-refractivity contribution in [3.05, 3.63) is 60.0 Å². The second-order valence-corrected chi connectivity index (χ2v) is 5.21. The zero-order valence-electron chi connectivity index (χ0n) is 13.9. The Hall–Kier alpha value is -3.75. The van der Waals surface area contributed by atoms with E-state index in [1.54, 1.807) is 34.9 Å². The summed E-state index contributed by atoms with van der Waals surface area (Å²) in [5.41, 5.74) is 5.72. The average molecular weight is 352 g/mol. The highest BCUT2D eigenvalue weighted by molar-refractivity contribution is 6.05. The molecule has 0 fully saturated rings. The Kier molecular flexibility index (Phi) is 4.88. The normalized spacial score (nSPS) is 10.3. The zero-order valence-corrected chi connectivity index (χ0v) is 13.9. The SMILES string of the molecule is CCn1cnnc1NC(=O)c1cccnc1Oc1ccccc1C(N)=O. The Balaban J connectivity index is 1.89. The number of benzene rings is 1. The molecule has 0 radical (unpaired) electrons. The maximum atomic E-state index is 12.6. The number of amides is 2. The van der Waals surface area contributed by atoms with Crippen LogP contribution >= 0.6 is 0 Å². The molecule has 26 heavy (non-hydrogen) atoms. The molecule has 0 aliphatic rings. The van der Waals surface area contributed by atoms with E-state index in [0.29, 0.717) is 12.5 Å². The van der Waals surface area contributed by atoms with Crippen molar-refractivity contribution in [2.75, 3.05) is 5.32 Å². The summed E-state index contributed by atoms with van der Waals surface area (Å²) in [5.74, 6) is -0.540. The molecule has 132 valence electrons. The van der Waals surface area contributed by atoms with Crippen molar-refractivity contribution in [2.24, 2.45) is 5.73 Å². The van der Waals surface area contributed by atoms with Crippen LogP contribution in [0.4, 0.5) is 5.95 Å². The topological polar surface area (TPSA) is 125 Å². The van der Waals surface area contributed by atoms with Gasteiger partial charge in [0.1, 0.15) is 17.6 Å². The maximum Gasteiger partial charge on any atom is 0.263 e. The molecule has 1 aromatic carbocycles. The van der Waals surface area contributed by atoms with Crippen LogP contribution in [0.1, 0.15) is 27.6 Å². The predicted octanol–water partition coefficient (Wildman–Crippen LogP) is 1.84. The van der Waals surface area contributed by atoms with E-state index < -0.39 is 11.8 Å². The first kappa shape index (κ1) is 17.1. The molecule has 0 saturated heterocycles. The third kappa shape index (κ3) is 3.51. The van der Waals surface area contributed by atoms with Crippen molar-refractivity contribution in [3.63, 3.8) is 0 Å². The molecule has 0 unspecified atom stereocenters. The highest BCUT2D eigenvalue weighted by Gasteiger charge is 2.18. The molecule has 0 aliphatic carbocycles. The molecule has 0 atom stereocenters. The van der Waals surface area contributed by atoms with Crippen LogP contribution in [0.15, 0.2) is 48.9 Å². The molecule has 2 heterocycles. The lowest BCUT2D eigenvalue weighted by Crippen LogP contribution is -2.17. The van der Waals surface area contributed by atoms with Crippen LogP contribution in [-0.2, 0) is 6.54 Å². The largest absolute Gasteiger partial charge is 0.437 e. The van der Waals surface area contributed by atoms with Gasteiger partial charge < -0.3 is 10.5 Å². The number of para-hydroxylation sites is 1. The number of hydrogen-bond donors (Lipinski definition) is 2. The lowest BCUT2D eigenvalue weighted by Gasteiger charge is -2.12. The quantitative estimate of drug-likeness (QED) is 0.697. The first-order chi connectivity index (χ1) is 12.6. The summed E-state index contributed by atoms with van der Waals surface area (Å²) in [6, 6.07) is 9.61. The molecule has 0 spiro atoms. The minimum Gasteiger partial charge on any atom is -0.437 e. The fourth-order valence-electron chi connectivity index (χ4n) is 2.26. The van der Waals surface area contributed by atoms with Crippen molar-refractivity contribution in [1.82, 2.24) is 19.7 Å². The number of ether oxygens (including phenoxy) is 1. The predicted molar refractivity (Wildman–Crippen MR) is 92.9 cm³/mol. The van der Waals surface area contributed by atoms with Gasteiger partial charge in [0.2, 0.25) is 11.8 Å². The van der Waals surface area contributed by atoms with Crippen molar-refractivity contribution in [2.45, 2.75) is 13.5 Å². The summed E-state index contributed by atoms with van der Waals surface area (Å²) in [6.45, 7) is 2.50. The molecule has 3 rings (SSSR count). The third-order valence-electron chi connectivity index (χ3n) is 3.56. The number of carbonyl (C=O) groups excluding carboxylic acids is 2. The summed E-state index contributed by atoms with van der Waals surface area (Å²) in [5, 5.41) is 10.3. The first-order valence-electron chi connectivity index (χ1n) is 7.81. The monoisotopic (exact) mass is 352 g/mol. The second-order valence-electron chi connectivity index (χ2n) is 5.21. The maximum absolute atomic E-state index is 12.6. The molecular weight excluding hydrogens is 336 g/mol. The number of pyridine rings is 1. The van der Waals surface area contributed by atoms with Crippen LogP contribution in [0.2, 0.25) is 0 Å². The van der Waals surface area contributed by atoms with Crippen LogP contribution < -0.4 is 15.8 Å². The summed E-state index contributed by atoms with van der Waals surface area (Å²) >= 11 is 0. The number of aryl methyl sites for hydroxylation is 1. The Morgan fingerprint density at radius 2 is 1.96 bits per heavy atom. The molecule has 0 aliphatic heterocycles. The van der Waals surface area contributed by atoms with Gasteiger partial charge in [-0.2, -0.15) is 0 Å². The summed E-state index contributed by atoms with van der Waals surface area (Å²) in [4.78, 5) is 28.2. The zero-order chi connectivity index (χ0) is 18.5. The lowest BCUT2D eigenvalue weighted by molar-refractivity contribution is 0.0997. The van der Waals surface area contributed by atoms with Crippen molar-refractivity contribution >= 4 is 17.8 Å². The number of hydrogen-bond acceptors (Lipinski definition) is 6. The van der Waals surface area contributed by atoms with Gasteiger partial charge in [0.15, 0.2) is 0 Å². The number of primary amides is 1. The summed E-state index contributed by atoms with van der Waals surface area (Å²) in [7, 11) is 0. The van der Waals surface area contributed by atoms with Gasteiger partial charge in [-0.05, 0) is 31.2 Å². The van der Waals surface area contributed by atoms with E-state index in [2.05, 4.69) is 20.5 Å². The van der Waals surface area contributed by atoms with E-state index in [1.165, 1.54) is 18.6 Å². The van der Waals surface area contributed by atoms with E-state index in [9.17, 15) is 9.59 Å². The summed E-state index contributed by atoms with van der Waals surface area (Å²) in [6.07, 6.45) is 2.99. The number of anilines is 1. The van der Waals surface area contributed by atoms with E-state index in [4.69, 9.17) is 10.5 Å². The number of carbonyl (C=O) groups is 2. The Bertz CT molecular complexity index is 953. The smallest absolute Gasteiger partial charge is 0.263 e. The van der Waals surface area contributed by atoms with Gasteiger partial charge in [-0.3, -0.25) is 19.5 Å². The molecule has 3 aromatic rings. The van der Waals surface area contributed by atoms with Crippen molar-refractivity contribution < 1.29 is 14.3 Å². The van der Waals surface area contributed by atoms with Crippen LogP contribution in [0.25, 0.3) is 0 Å². The van der Waals surface area contributed by atoms with Gasteiger partial charge in [-0.15, -0.1) is 10.2 Å². The van der Waals surface area contributed by atoms with E-state index in [0.717, 1.165) is 0 Å². The Labute approximate surface area is 148 Å². The van der Waals surface area contributed by atoms with Gasteiger partial charge in [-0.25, -0.2) is 4.98 Å². The second kappa shape index (κ2) is 7.43. The molecule has 2 aromatic heterocycles. The Morgan fingerprint density at radius 3 is 2.73 bits per heavy atom. The molecule has 3 N–H and O–H groups in total. The van der Waals surface area contributed by atoms with E-state index in [-0.39, 0.29) is 22.8 Å². The highest BCUT2D eigenvalue weighted by Crippen LogP contribution is 2.26. The van der Waals surface area contributed by atoms with Gasteiger partial charge in [0, 0.05) is 12.7 Å². The van der Waals surface area contributed by atoms with E-state index >= 15 is 0 Å². The fraction of sp³-hybridized carbons (Fsp3) is 0.118. The van der Waals surface area contributed by atoms with Crippen LogP contribution in [-0.4, -0.2) is 31.6 Å². The first-order valence-corrected chi connectivity index (χ1v) is 7.81. The molecule has 0 saturated carbocycles. The van der Waals surface area contributed by atoms with E-state index in [1.807, 2.05) is 6.92 Å². The molecule has 0 bridgehead atoms. The highest BCUT2D eigenvalue weighted by atomic mass is 16.5. The minimum atomic E-state index is -0.640. The van der Waals surface area contributed by atoms with Crippen LogP contribution in [0.3, 0.4) is 0 Å². The van der Waals surface area contributed by atoms with Gasteiger partial charge in [-0.1, -0.05) is 12.1 Å². The van der Waals surface area contributed by atoms with Gasteiger partial charge in [0.05, 0.1) is 5.56 Å². The van der Waals surface area contributed by atoms with Gasteiger partial charge >= 0.3 is 0 Å². The number of nitrogens with one attached hydrogen (secondary N) is 1. The Morgan fingerprint density at radius 1 is 1.19 bits per heavy atom. The summed E-state index contributed by atoms with van der Waals surface area (Å²) < 4.78 is 7.36. The molecule has 9 heteroatoms. The molecular formula is C17H16N6O3. The third-order valence-corrected chi connectivity index (χ3v) is 3.56. The number of aromatic nitrogens is 4. The number of nitrogens with two attached hydrogens (primary N) is 1. The standard InChI is InChI=1S/C17H16N6O3/c1-2-23-10-20-22-17(23)21-15(25)12-7-5-9-19-16(12)26-13-8-4-3-6-11(13)14(18)24/h3-10H,2H2,1H3,(H2,18,24)(H,21,22,25). The van der Waals surface area contributed by atoms with Crippen molar-refractivity contribution in [1.29, 1.82) is 0 Å². The lowest BCUT2D eigenvalue weighted by atomic mass is 10.2. The average Bonchev–Trinajstić information content (AvgIpc) is 3.09.